The SMILES string of the molecule is CN(C)C1CN(c2cc(N3CC4CCC(C3)N4C(=O)OC(C)(C)C)c3cc(Cl)c(-c4cc(O)cc5ccccc45)c(F)c3n2)C1. The van der Waals surface area contributed by atoms with E-state index in [2.05, 4.69) is 34.9 Å². The number of benzene rings is 3. The van der Waals surface area contributed by atoms with Crippen LogP contribution < -0.4 is 9.80 Å². The van der Waals surface area contributed by atoms with E-state index in [0.717, 1.165) is 42.4 Å². The van der Waals surface area contributed by atoms with E-state index in [1.807, 2.05) is 49.9 Å². The number of piperazine rings is 1. The summed E-state index contributed by atoms with van der Waals surface area (Å²) in [4.78, 5) is 26.6. The number of phenolic OH excluding ortho intramolecular Hbond substituents is 1. The van der Waals surface area contributed by atoms with Crippen molar-refractivity contribution in [3.05, 3.63) is 59.4 Å². The zero-order chi connectivity index (χ0) is 31.8. The lowest BCUT2D eigenvalue weighted by Crippen LogP contribution is -2.58. The van der Waals surface area contributed by atoms with E-state index in [-0.39, 0.29) is 40.0 Å². The van der Waals surface area contributed by atoms with Gasteiger partial charge < -0.3 is 24.5 Å². The molecule has 4 heterocycles. The Kier molecular flexibility index (Phi) is 7.24. The van der Waals surface area contributed by atoms with Crippen LogP contribution in [-0.4, -0.2) is 90.0 Å². The molecule has 45 heavy (non-hydrogen) atoms. The van der Waals surface area contributed by atoms with Gasteiger partial charge >= 0.3 is 6.09 Å². The maximum atomic E-state index is 16.9. The summed E-state index contributed by atoms with van der Waals surface area (Å²) in [5.41, 5.74) is 1.26. The van der Waals surface area contributed by atoms with Crippen molar-refractivity contribution in [2.45, 2.75) is 57.3 Å². The van der Waals surface area contributed by atoms with Gasteiger partial charge in [0.2, 0.25) is 0 Å². The first-order valence-electron chi connectivity index (χ1n) is 15.6. The molecule has 8 nitrogen and oxygen atoms in total. The van der Waals surface area contributed by atoms with Gasteiger partial charge in [-0.3, -0.25) is 4.90 Å². The van der Waals surface area contributed by atoms with E-state index >= 15 is 4.39 Å². The number of likely N-dealkylation sites (N-methyl/N-ethyl adjacent to an activating group) is 1. The first-order valence-corrected chi connectivity index (χ1v) is 16.0. The highest BCUT2D eigenvalue weighted by molar-refractivity contribution is 6.35. The van der Waals surface area contributed by atoms with Gasteiger partial charge in [-0.15, -0.1) is 0 Å². The smallest absolute Gasteiger partial charge is 0.410 e. The molecule has 3 aliphatic rings. The number of pyridine rings is 1. The first-order chi connectivity index (χ1) is 21.4. The van der Waals surface area contributed by atoms with Gasteiger partial charge in [-0.25, -0.2) is 14.2 Å². The van der Waals surface area contributed by atoms with E-state index < -0.39 is 11.4 Å². The molecule has 0 radical (unpaired) electrons. The van der Waals surface area contributed by atoms with Gasteiger partial charge in [-0.05, 0) is 82.2 Å². The minimum absolute atomic E-state index is 0.00866. The number of anilines is 2. The highest BCUT2D eigenvalue weighted by atomic mass is 35.5. The number of hydrogen-bond donors (Lipinski definition) is 1. The van der Waals surface area contributed by atoms with Crippen LogP contribution in [-0.2, 0) is 4.74 Å². The van der Waals surface area contributed by atoms with Crippen LogP contribution >= 0.6 is 11.6 Å². The van der Waals surface area contributed by atoms with Crippen LogP contribution in [0.3, 0.4) is 0 Å². The number of carbonyl (C=O) groups is 1. The molecule has 3 saturated heterocycles. The fourth-order valence-corrected chi connectivity index (χ4v) is 7.41. The second-order valence-electron chi connectivity index (χ2n) is 13.9. The lowest BCUT2D eigenvalue weighted by atomic mass is 9.95. The summed E-state index contributed by atoms with van der Waals surface area (Å²) < 4.78 is 22.7. The van der Waals surface area contributed by atoms with Gasteiger partial charge in [0.1, 0.15) is 22.7 Å². The average Bonchev–Trinajstić information content (AvgIpc) is 3.20. The molecule has 0 spiro atoms. The predicted octanol–water partition coefficient (Wildman–Crippen LogP) is 6.89. The Balaban J connectivity index is 1.34. The molecular formula is C35H39ClFN5O3. The number of hydrogen-bond acceptors (Lipinski definition) is 7. The Morgan fingerprint density at radius 1 is 1.00 bits per heavy atom. The van der Waals surface area contributed by atoms with E-state index in [9.17, 15) is 9.90 Å². The summed E-state index contributed by atoms with van der Waals surface area (Å²) in [6.07, 6.45) is 1.50. The van der Waals surface area contributed by atoms with Crippen molar-refractivity contribution in [2.24, 2.45) is 0 Å². The largest absolute Gasteiger partial charge is 0.508 e. The molecule has 2 atom stereocenters. The molecule has 1 aromatic heterocycles. The number of rotatable bonds is 4. The van der Waals surface area contributed by atoms with Crippen LogP contribution in [0.1, 0.15) is 33.6 Å². The van der Waals surface area contributed by atoms with Gasteiger partial charge in [0.15, 0.2) is 5.82 Å². The van der Waals surface area contributed by atoms with Crippen LogP contribution in [0, 0.1) is 5.82 Å². The zero-order valence-corrected chi connectivity index (χ0v) is 27.1. The van der Waals surface area contributed by atoms with Crippen molar-refractivity contribution in [3.63, 3.8) is 0 Å². The molecule has 3 aromatic carbocycles. The Labute approximate surface area is 267 Å². The number of halogens is 2. The van der Waals surface area contributed by atoms with Crippen LogP contribution in [0.4, 0.5) is 20.7 Å². The fraction of sp³-hybridized carbons (Fsp3) is 0.429. The van der Waals surface area contributed by atoms with Crippen LogP contribution in [0.25, 0.3) is 32.8 Å². The van der Waals surface area contributed by atoms with Crippen molar-refractivity contribution in [1.82, 2.24) is 14.8 Å². The van der Waals surface area contributed by atoms with Crippen molar-refractivity contribution in [1.29, 1.82) is 0 Å². The van der Waals surface area contributed by atoms with Gasteiger partial charge in [0.25, 0.3) is 0 Å². The molecule has 3 fully saturated rings. The Hall–Kier alpha value is -3.82. The van der Waals surface area contributed by atoms with Crippen LogP contribution in [0.15, 0.2) is 48.5 Å². The fourth-order valence-electron chi connectivity index (χ4n) is 7.11. The summed E-state index contributed by atoms with van der Waals surface area (Å²) in [5.74, 6) is 0.233. The van der Waals surface area contributed by atoms with Crippen LogP contribution in [0.2, 0.25) is 5.02 Å². The lowest BCUT2D eigenvalue weighted by Gasteiger charge is -2.45. The number of aromatic nitrogens is 1. The minimum Gasteiger partial charge on any atom is -0.508 e. The maximum absolute atomic E-state index is 16.9. The van der Waals surface area contributed by atoms with Crippen molar-refractivity contribution >= 4 is 50.9 Å². The second kappa shape index (κ2) is 10.9. The Bertz CT molecular complexity index is 1810. The molecule has 10 heteroatoms. The number of phenols is 1. The number of aromatic hydroxyl groups is 1. The molecule has 1 N–H and O–H groups in total. The van der Waals surface area contributed by atoms with Crippen molar-refractivity contribution in [3.8, 4) is 16.9 Å². The summed E-state index contributed by atoms with van der Waals surface area (Å²) in [5, 5.41) is 13.0. The van der Waals surface area contributed by atoms with E-state index in [1.54, 1.807) is 18.2 Å². The third-order valence-electron chi connectivity index (χ3n) is 9.42. The molecule has 7 rings (SSSR count). The minimum atomic E-state index is -0.571. The summed E-state index contributed by atoms with van der Waals surface area (Å²) in [6.45, 7) is 8.45. The van der Waals surface area contributed by atoms with Gasteiger partial charge in [-0.2, -0.15) is 0 Å². The first kappa shape index (κ1) is 29.9. The van der Waals surface area contributed by atoms with Crippen molar-refractivity contribution in [2.75, 3.05) is 50.1 Å². The van der Waals surface area contributed by atoms with Gasteiger partial charge in [-0.1, -0.05) is 35.9 Å². The summed E-state index contributed by atoms with van der Waals surface area (Å²) >= 11 is 6.94. The number of fused-ring (bicyclic) bond motifs is 4. The average molecular weight is 632 g/mol. The van der Waals surface area contributed by atoms with Gasteiger partial charge in [0, 0.05) is 49.2 Å². The zero-order valence-electron chi connectivity index (χ0n) is 26.3. The number of carbonyl (C=O) groups excluding carboxylic acids is 1. The van der Waals surface area contributed by atoms with Crippen LogP contribution in [0.5, 0.6) is 5.75 Å². The normalized spacial score (nSPS) is 20.4. The standard InChI is InChI=1S/C35H39ClFN5O3/c1-35(2,3)45-34(44)42-21-10-11-22(42)17-40(16-21)29-15-30(41-18-23(19-41)39(4)5)38-33-27(29)14-28(36)31(32(33)37)26-13-24(43)12-20-8-6-7-9-25(20)26/h6-9,12-15,21-23,43H,10-11,16-19H2,1-5H3. The summed E-state index contributed by atoms with van der Waals surface area (Å²) in [7, 11) is 4.13. The number of amides is 1. The summed E-state index contributed by atoms with van der Waals surface area (Å²) in [6, 6.07) is 15.0. The molecule has 4 aromatic rings. The molecule has 236 valence electrons. The number of ether oxygens (including phenoxy) is 1. The second-order valence-corrected chi connectivity index (χ2v) is 14.3. The Morgan fingerprint density at radius 2 is 1.69 bits per heavy atom. The number of nitrogens with zero attached hydrogens (tertiary/aromatic N) is 5. The molecule has 0 aliphatic carbocycles. The highest BCUT2D eigenvalue weighted by Crippen LogP contribution is 2.45. The molecule has 1 amide bonds. The highest BCUT2D eigenvalue weighted by Gasteiger charge is 2.45. The third-order valence-corrected chi connectivity index (χ3v) is 9.72. The molecule has 2 unspecified atom stereocenters. The molecule has 2 bridgehead atoms. The lowest BCUT2D eigenvalue weighted by molar-refractivity contribution is 0.0123. The van der Waals surface area contributed by atoms with E-state index in [4.69, 9.17) is 21.3 Å². The quantitative estimate of drug-likeness (QED) is 0.263. The maximum Gasteiger partial charge on any atom is 0.410 e. The van der Waals surface area contributed by atoms with Gasteiger partial charge in [0.05, 0.1) is 22.8 Å². The third kappa shape index (κ3) is 5.29. The molecular weight excluding hydrogens is 593 g/mol. The monoisotopic (exact) mass is 631 g/mol. The topological polar surface area (TPSA) is 72.4 Å². The molecule has 0 saturated carbocycles. The van der Waals surface area contributed by atoms with Crippen molar-refractivity contribution < 1.29 is 19.0 Å². The van der Waals surface area contributed by atoms with E-state index in [0.29, 0.717) is 35.9 Å². The molecule has 3 aliphatic heterocycles. The predicted molar refractivity (Wildman–Crippen MR) is 178 cm³/mol. The van der Waals surface area contributed by atoms with E-state index in [1.165, 1.54) is 0 Å². The Morgan fingerprint density at radius 3 is 2.36 bits per heavy atom.